The van der Waals surface area contributed by atoms with Gasteiger partial charge in [-0.15, -0.1) is 0 Å². The van der Waals surface area contributed by atoms with Crippen LogP contribution in [0.3, 0.4) is 0 Å². The minimum Gasteiger partial charge on any atom is -0.255 e. The van der Waals surface area contributed by atoms with E-state index in [1.165, 1.54) is 0 Å². The van der Waals surface area contributed by atoms with Crippen molar-refractivity contribution < 1.29 is 1.37 Å². The van der Waals surface area contributed by atoms with Gasteiger partial charge in [-0.3, -0.25) is 9.97 Å². The van der Waals surface area contributed by atoms with E-state index in [1.807, 2.05) is 19.1 Å². The van der Waals surface area contributed by atoms with E-state index < -0.39 is 0 Å². The Balaban J connectivity index is 2.44. The molecule has 0 saturated heterocycles. The molecule has 0 aromatic carbocycles. The molecule has 0 bridgehead atoms. The van der Waals surface area contributed by atoms with Crippen molar-refractivity contribution in [2.75, 3.05) is 0 Å². The van der Waals surface area contributed by atoms with Gasteiger partial charge in [0.2, 0.25) is 0 Å². The summed E-state index contributed by atoms with van der Waals surface area (Å²) in [5.74, 6) is 0. The summed E-state index contributed by atoms with van der Waals surface area (Å²) in [5, 5.41) is 0. The first-order valence-electron chi connectivity index (χ1n) is 4.61. The molecule has 0 unspecified atom stereocenters. The van der Waals surface area contributed by atoms with Gasteiger partial charge < -0.3 is 0 Å². The first-order valence-corrected chi connectivity index (χ1v) is 4.11. The van der Waals surface area contributed by atoms with Crippen molar-refractivity contribution in [3.8, 4) is 11.4 Å². The largest absolute Gasteiger partial charge is 0.255 e. The summed E-state index contributed by atoms with van der Waals surface area (Å²) >= 11 is 0. The van der Waals surface area contributed by atoms with Crippen LogP contribution in [0.2, 0.25) is 0 Å². The Morgan fingerprint density at radius 1 is 1.15 bits per heavy atom. The summed E-state index contributed by atoms with van der Waals surface area (Å²) in [7, 11) is 0. The van der Waals surface area contributed by atoms with E-state index in [-0.39, 0.29) is 0 Å². The van der Waals surface area contributed by atoms with Gasteiger partial charge in [0.1, 0.15) is 0 Å². The number of hydrogen-bond acceptors (Lipinski definition) is 2. The van der Waals surface area contributed by atoms with Gasteiger partial charge >= 0.3 is 0 Å². The fraction of sp³-hybridized carbons (Fsp3) is 0.0909. The average Bonchev–Trinajstić information content (AvgIpc) is 2.19. The van der Waals surface area contributed by atoms with Crippen LogP contribution in [0.15, 0.2) is 42.7 Å². The molecule has 0 amide bonds. The molecular weight excluding hydrogens is 160 g/mol. The molecule has 2 aromatic rings. The third-order valence-electron chi connectivity index (χ3n) is 1.78. The quantitative estimate of drug-likeness (QED) is 0.658. The van der Waals surface area contributed by atoms with Crippen molar-refractivity contribution in [2.45, 2.75) is 6.92 Å². The lowest BCUT2D eigenvalue weighted by atomic mass is 10.2. The highest BCUT2D eigenvalue weighted by atomic mass is 14.8. The highest BCUT2D eigenvalue weighted by molar-refractivity contribution is 5.53. The predicted octanol–water partition coefficient (Wildman–Crippen LogP) is 2.45. The Bertz CT molecular complexity index is 437. The van der Waals surface area contributed by atoms with Crippen molar-refractivity contribution in [3.05, 3.63) is 48.3 Å². The Morgan fingerprint density at radius 2 is 2.00 bits per heavy atom. The van der Waals surface area contributed by atoms with Gasteiger partial charge in [-0.25, -0.2) is 0 Å². The van der Waals surface area contributed by atoms with Crippen molar-refractivity contribution in [2.24, 2.45) is 0 Å². The van der Waals surface area contributed by atoms with E-state index in [1.54, 1.807) is 24.5 Å². The number of aryl methyl sites for hydroxylation is 1. The Labute approximate surface area is 78.7 Å². The molecule has 2 aromatic heterocycles. The van der Waals surface area contributed by atoms with Crippen LogP contribution in [-0.4, -0.2) is 9.97 Å². The molecule has 0 radical (unpaired) electrons. The van der Waals surface area contributed by atoms with E-state index in [9.17, 15) is 0 Å². The van der Waals surface area contributed by atoms with Crippen LogP contribution in [0.4, 0.5) is 0 Å². The topological polar surface area (TPSA) is 25.8 Å². The summed E-state index contributed by atoms with van der Waals surface area (Å²) < 4.78 is 7.46. The third-order valence-corrected chi connectivity index (χ3v) is 1.78. The highest BCUT2D eigenvalue weighted by Crippen LogP contribution is 2.12. The normalized spacial score (nSPS) is 11.0. The van der Waals surface area contributed by atoms with Crippen molar-refractivity contribution in [3.63, 3.8) is 0 Å². The molecule has 2 heteroatoms. The molecule has 13 heavy (non-hydrogen) atoms. The molecule has 2 rings (SSSR count). The second-order valence-electron chi connectivity index (χ2n) is 2.86. The first kappa shape index (κ1) is 6.78. The Kier molecular flexibility index (Phi) is 1.75. The molecule has 2 heterocycles. The zero-order valence-corrected chi connectivity index (χ0v) is 7.36. The second-order valence-corrected chi connectivity index (χ2v) is 2.86. The molecule has 0 spiro atoms. The van der Waals surface area contributed by atoms with Crippen LogP contribution in [0, 0.1) is 6.92 Å². The smallest absolute Gasteiger partial charge is 0.0886 e. The fourth-order valence-corrected chi connectivity index (χ4v) is 1.08. The summed E-state index contributed by atoms with van der Waals surface area (Å²) in [6, 6.07) is 7.71. The van der Waals surface area contributed by atoms with E-state index in [0.29, 0.717) is 6.04 Å². The predicted molar refractivity (Wildman–Crippen MR) is 52.2 cm³/mol. The zero-order valence-electron chi connectivity index (χ0n) is 8.36. The van der Waals surface area contributed by atoms with E-state index >= 15 is 0 Å². The van der Waals surface area contributed by atoms with Gasteiger partial charge in [0, 0.05) is 12.4 Å². The molecular formula is C11H10N2. The molecule has 0 aliphatic heterocycles. The van der Waals surface area contributed by atoms with Gasteiger partial charge in [0.15, 0.2) is 0 Å². The average molecular weight is 171 g/mol. The molecule has 0 fully saturated rings. The van der Waals surface area contributed by atoms with Crippen LogP contribution in [0.5, 0.6) is 0 Å². The standard InChI is InChI=1S/C11H10N2/c1-9-5-6-11(13-8-9)10-4-2-3-7-12-10/h2-8H,1H3/i2D. The maximum atomic E-state index is 7.46. The summed E-state index contributed by atoms with van der Waals surface area (Å²) in [5.41, 5.74) is 2.68. The summed E-state index contributed by atoms with van der Waals surface area (Å²) in [6.07, 6.45) is 3.42. The SMILES string of the molecule is [2H]c1ccnc(-c2ccc(C)cn2)c1. The molecule has 0 aliphatic carbocycles. The monoisotopic (exact) mass is 171 g/mol. The number of pyridine rings is 2. The summed E-state index contributed by atoms with van der Waals surface area (Å²) in [6.45, 7) is 1.99. The number of nitrogens with zero attached hydrogens (tertiary/aromatic N) is 2. The van der Waals surface area contributed by atoms with Gasteiger partial charge in [-0.1, -0.05) is 12.1 Å². The highest BCUT2D eigenvalue weighted by Gasteiger charge is 1.97. The van der Waals surface area contributed by atoms with Crippen LogP contribution in [0.25, 0.3) is 11.4 Å². The van der Waals surface area contributed by atoms with Crippen LogP contribution in [-0.2, 0) is 0 Å². The van der Waals surface area contributed by atoms with Gasteiger partial charge in [-0.2, -0.15) is 0 Å². The van der Waals surface area contributed by atoms with Crippen LogP contribution in [0.1, 0.15) is 6.93 Å². The van der Waals surface area contributed by atoms with Gasteiger partial charge in [0.05, 0.1) is 12.8 Å². The number of hydrogen-bond donors (Lipinski definition) is 0. The number of rotatable bonds is 1. The minimum atomic E-state index is 0.456. The summed E-state index contributed by atoms with van der Waals surface area (Å²) in [4.78, 5) is 8.40. The van der Waals surface area contributed by atoms with E-state index in [2.05, 4.69) is 9.97 Å². The Hall–Kier alpha value is -1.70. The maximum Gasteiger partial charge on any atom is 0.0886 e. The first-order chi connectivity index (χ1) is 6.75. The van der Waals surface area contributed by atoms with Gasteiger partial charge in [-0.05, 0) is 30.7 Å². The minimum absolute atomic E-state index is 0.456. The van der Waals surface area contributed by atoms with Crippen LogP contribution >= 0.6 is 0 Å². The molecule has 0 aliphatic rings. The second kappa shape index (κ2) is 3.35. The molecule has 0 saturated carbocycles. The van der Waals surface area contributed by atoms with Crippen molar-refractivity contribution >= 4 is 0 Å². The molecule has 64 valence electrons. The molecule has 0 N–H and O–H groups in total. The number of aromatic nitrogens is 2. The van der Waals surface area contributed by atoms with E-state index in [4.69, 9.17) is 1.37 Å². The zero-order chi connectivity index (χ0) is 9.97. The lowest BCUT2D eigenvalue weighted by Crippen LogP contribution is -1.85. The third kappa shape index (κ3) is 1.72. The van der Waals surface area contributed by atoms with Crippen LogP contribution < -0.4 is 0 Å². The maximum absolute atomic E-state index is 7.46. The van der Waals surface area contributed by atoms with Crippen molar-refractivity contribution in [1.29, 1.82) is 0 Å². The lowest BCUT2D eigenvalue weighted by Gasteiger charge is -1.98. The molecule has 2 nitrogen and oxygen atoms in total. The lowest BCUT2D eigenvalue weighted by molar-refractivity contribution is 1.22. The Morgan fingerprint density at radius 3 is 2.69 bits per heavy atom. The fourth-order valence-electron chi connectivity index (χ4n) is 1.08. The van der Waals surface area contributed by atoms with Gasteiger partial charge in [0.25, 0.3) is 0 Å². The van der Waals surface area contributed by atoms with E-state index in [0.717, 1.165) is 17.0 Å². The van der Waals surface area contributed by atoms with Crippen molar-refractivity contribution in [1.82, 2.24) is 9.97 Å². The molecule has 0 atom stereocenters.